The smallest absolute Gasteiger partial charge is 0.258 e. The minimum atomic E-state index is -0.116. The van der Waals surface area contributed by atoms with Crippen LogP contribution in [0.15, 0.2) is 33.4 Å². The van der Waals surface area contributed by atoms with Crippen molar-refractivity contribution in [1.29, 1.82) is 0 Å². The fourth-order valence-corrected chi connectivity index (χ4v) is 4.80. The zero-order valence-corrected chi connectivity index (χ0v) is 15.9. The first kappa shape index (κ1) is 17.4. The number of hydrogen-bond acceptors (Lipinski definition) is 8. The second-order valence-electron chi connectivity index (χ2n) is 6.12. The number of nitrogens with zero attached hydrogens (tertiary/aromatic N) is 3. The maximum Gasteiger partial charge on any atom is 0.258 e. The van der Waals surface area contributed by atoms with Crippen molar-refractivity contribution in [2.45, 2.75) is 35.5 Å². The molecule has 1 fully saturated rings. The molecule has 0 saturated carbocycles. The van der Waals surface area contributed by atoms with Crippen molar-refractivity contribution in [2.75, 3.05) is 18.5 Å². The molecular weight excluding hydrogens is 370 g/mol. The maximum absolute atomic E-state index is 12.2. The molecule has 0 spiro atoms. The Hall–Kier alpha value is -1.97. The summed E-state index contributed by atoms with van der Waals surface area (Å²) in [6.45, 7) is 3.60. The van der Waals surface area contributed by atoms with Crippen LogP contribution in [0, 0.1) is 0 Å². The van der Waals surface area contributed by atoms with Gasteiger partial charge < -0.3 is 15.0 Å². The van der Waals surface area contributed by atoms with Crippen molar-refractivity contribution < 1.29 is 4.74 Å². The van der Waals surface area contributed by atoms with Gasteiger partial charge in [0.2, 0.25) is 5.13 Å². The fraction of sp³-hybridized carbons (Fsp3) is 0.412. The first-order chi connectivity index (χ1) is 12.7. The number of rotatable bonds is 6. The van der Waals surface area contributed by atoms with E-state index in [1.54, 1.807) is 6.07 Å². The zero-order valence-electron chi connectivity index (χ0n) is 14.3. The van der Waals surface area contributed by atoms with Gasteiger partial charge in [-0.1, -0.05) is 35.2 Å². The molecule has 0 amide bonds. The van der Waals surface area contributed by atoms with Crippen LogP contribution >= 0.6 is 23.1 Å². The van der Waals surface area contributed by atoms with Gasteiger partial charge in [-0.3, -0.25) is 4.79 Å². The van der Waals surface area contributed by atoms with E-state index in [9.17, 15) is 4.79 Å². The van der Waals surface area contributed by atoms with Crippen LogP contribution in [0.1, 0.15) is 30.8 Å². The second kappa shape index (κ2) is 7.73. The Bertz CT molecular complexity index is 951. The number of anilines is 1. The minimum absolute atomic E-state index is 0.0359. The topological polar surface area (TPSA) is 92.8 Å². The van der Waals surface area contributed by atoms with Crippen LogP contribution < -0.4 is 10.9 Å². The SMILES string of the molecule is C[C@@H](Sc1nnc(NC[C@@H]2CCCO2)s1)c1nc2ccccc2c(=O)[nH]1. The summed E-state index contributed by atoms with van der Waals surface area (Å²) < 4.78 is 6.43. The van der Waals surface area contributed by atoms with Gasteiger partial charge >= 0.3 is 0 Å². The first-order valence-electron chi connectivity index (χ1n) is 8.53. The maximum atomic E-state index is 12.2. The van der Waals surface area contributed by atoms with E-state index >= 15 is 0 Å². The number of ether oxygens (including phenoxy) is 1. The van der Waals surface area contributed by atoms with E-state index in [2.05, 4.69) is 25.5 Å². The van der Waals surface area contributed by atoms with Gasteiger partial charge in [-0.2, -0.15) is 0 Å². The molecule has 26 heavy (non-hydrogen) atoms. The van der Waals surface area contributed by atoms with E-state index in [-0.39, 0.29) is 16.9 Å². The molecule has 7 nitrogen and oxygen atoms in total. The molecule has 1 saturated heterocycles. The molecule has 3 heterocycles. The molecule has 1 aliphatic heterocycles. The molecule has 2 N–H and O–H groups in total. The van der Waals surface area contributed by atoms with Gasteiger partial charge in [-0.25, -0.2) is 4.98 Å². The van der Waals surface area contributed by atoms with Crippen molar-refractivity contribution >= 4 is 39.1 Å². The number of hydrogen-bond donors (Lipinski definition) is 2. The molecular formula is C17H19N5O2S2. The number of nitrogens with one attached hydrogen (secondary N) is 2. The number of H-pyrrole nitrogens is 1. The largest absolute Gasteiger partial charge is 0.376 e. The van der Waals surface area contributed by atoms with Gasteiger partial charge in [0.15, 0.2) is 4.34 Å². The summed E-state index contributed by atoms with van der Waals surface area (Å²) in [7, 11) is 0. The third-order valence-corrected chi connectivity index (χ3v) is 6.28. The van der Waals surface area contributed by atoms with E-state index in [1.807, 2.05) is 25.1 Å². The van der Waals surface area contributed by atoms with E-state index in [0.717, 1.165) is 35.5 Å². The molecule has 2 atom stereocenters. The van der Waals surface area contributed by atoms with Crippen molar-refractivity contribution in [3.8, 4) is 0 Å². The monoisotopic (exact) mass is 389 g/mol. The summed E-state index contributed by atoms with van der Waals surface area (Å²) in [4.78, 5) is 19.7. The van der Waals surface area contributed by atoms with E-state index in [4.69, 9.17) is 4.74 Å². The highest BCUT2D eigenvalue weighted by Gasteiger charge is 2.17. The highest BCUT2D eigenvalue weighted by atomic mass is 32.2. The number of fused-ring (bicyclic) bond motifs is 1. The Morgan fingerprint density at radius 1 is 1.42 bits per heavy atom. The Labute approximate surface area is 158 Å². The summed E-state index contributed by atoms with van der Waals surface area (Å²) in [6.07, 6.45) is 2.48. The summed E-state index contributed by atoms with van der Waals surface area (Å²) in [5, 5.41) is 13.0. The molecule has 0 aliphatic carbocycles. The third-order valence-electron chi connectivity index (χ3n) is 4.21. The van der Waals surface area contributed by atoms with Crippen molar-refractivity contribution in [1.82, 2.24) is 20.2 Å². The molecule has 1 aromatic carbocycles. The molecule has 1 aliphatic rings. The van der Waals surface area contributed by atoms with Gasteiger partial charge in [0, 0.05) is 13.2 Å². The number of aromatic nitrogens is 4. The fourth-order valence-electron chi connectivity index (χ4n) is 2.84. The van der Waals surface area contributed by atoms with Gasteiger partial charge in [-0.05, 0) is 31.9 Å². The van der Waals surface area contributed by atoms with Crippen LogP contribution in [0.25, 0.3) is 10.9 Å². The third kappa shape index (κ3) is 3.89. The molecule has 0 bridgehead atoms. The van der Waals surface area contributed by atoms with Crippen LogP contribution in [0.5, 0.6) is 0 Å². The first-order valence-corrected chi connectivity index (χ1v) is 10.2. The van der Waals surface area contributed by atoms with E-state index in [0.29, 0.717) is 16.7 Å². The summed E-state index contributed by atoms with van der Waals surface area (Å²) >= 11 is 3.04. The van der Waals surface area contributed by atoms with Crippen LogP contribution in [0.3, 0.4) is 0 Å². The lowest BCUT2D eigenvalue weighted by Gasteiger charge is -2.09. The normalized spacial score (nSPS) is 18.3. The van der Waals surface area contributed by atoms with Crippen molar-refractivity contribution in [2.24, 2.45) is 0 Å². The lowest BCUT2D eigenvalue weighted by atomic mass is 10.2. The Kier molecular flexibility index (Phi) is 5.18. The number of benzene rings is 1. The standard InChI is InChI=1S/C17H19N5O2S2/c1-10(14-19-13-7-3-2-6-12(13)15(23)20-14)25-17-22-21-16(26-17)18-9-11-5-4-8-24-11/h2-3,6-7,10-11H,4-5,8-9H2,1H3,(H,18,21)(H,19,20,23)/t10-,11+/m1/s1. The lowest BCUT2D eigenvalue weighted by molar-refractivity contribution is 0.120. The quantitative estimate of drug-likeness (QED) is 0.625. The average molecular weight is 390 g/mol. The highest BCUT2D eigenvalue weighted by molar-refractivity contribution is 8.01. The lowest BCUT2D eigenvalue weighted by Crippen LogP contribution is -2.18. The Balaban J connectivity index is 1.43. The average Bonchev–Trinajstić information content (AvgIpc) is 3.31. The van der Waals surface area contributed by atoms with Gasteiger partial charge in [-0.15, -0.1) is 10.2 Å². The predicted molar refractivity (Wildman–Crippen MR) is 104 cm³/mol. The molecule has 9 heteroatoms. The summed E-state index contributed by atoms with van der Waals surface area (Å²) in [5.41, 5.74) is 0.587. The van der Waals surface area contributed by atoms with Gasteiger partial charge in [0.05, 0.1) is 22.3 Å². The van der Waals surface area contributed by atoms with Crippen LogP contribution in [0.2, 0.25) is 0 Å². The van der Waals surface area contributed by atoms with Crippen molar-refractivity contribution in [3.63, 3.8) is 0 Å². The van der Waals surface area contributed by atoms with Gasteiger partial charge in [0.25, 0.3) is 5.56 Å². The summed E-state index contributed by atoms with van der Waals surface area (Å²) in [5.74, 6) is 0.641. The number of thioether (sulfide) groups is 1. The second-order valence-corrected chi connectivity index (χ2v) is 8.68. The van der Waals surface area contributed by atoms with Crippen LogP contribution in [-0.2, 0) is 4.74 Å². The summed E-state index contributed by atoms with van der Waals surface area (Å²) in [6, 6.07) is 7.35. The van der Waals surface area contributed by atoms with Crippen LogP contribution in [-0.4, -0.2) is 39.4 Å². The molecule has 0 radical (unpaired) electrons. The molecule has 4 rings (SSSR count). The number of aromatic amines is 1. The predicted octanol–water partition coefficient (Wildman–Crippen LogP) is 3.22. The molecule has 0 unspecified atom stereocenters. The van der Waals surface area contributed by atoms with Crippen molar-refractivity contribution in [3.05, 3.63) is 40.4 Å². The van der Waals surface area contributed by atoms with E-state index < -0.39 is 0 Å². The van der Waals surface area contributed by atoms with Gasteiger partial charge in [0.1, 0.15) is 5.82 Å². The Morgan fingerprint density at radius 2 is 2.31 bits per heavy atom. The molecule has 3 aromatic rings. The van der Waals surface area contributed by atoms with Crippen LogP contribution in [0.4, 0.5) is 5.13 Å². The zero-order chi connectivity index (χ0) is 17.9. The molecule has 136 valence electrons. The minimum Gasteiger partial charge on any atom is -0.376 e. The Morgan fingerprint density at radius 3 is 3.15 bits per heavy atom. The molecule has 2 aromatic heterocycles. The number of para-hydroxylation sites is 1. The van der Waals surface area contributed by atoms with E-state index in [1.165, 1.54) is 23.1 Å². The highest BCUT2D eigenvalue weighted by Crippen LogP contribution is 2.36.